The summed E-state index contributed by atoms with van der Waals surface area (Å²) in [7, 11) is -2.17. The summed E-state index contributed by atoms with van der Waals surface area (Å²) >= 11 is 0. The zero-order valence-corrected chi connectivity index (χ0v) is 9.63. The van der Waals surface area contributed by atoms with Crippen LogP contribution in [0.5, 0.6) is 0 Å². The maximum atomic E-state index is 7.17. The standard InChI is InChI=1S/3C2H8N2.BH3O3/c3*3-1-2-4;2-1(3)4/h3*1-4H2;2-4H. The third kappa shape index (κ3) is 302. The molecule has 102 valence electrons. The van der Waals surface area contributed by atoms with Gasteiger partial charge in [0.2, 0.25) is 0 Å². The van der Waals surface area contributed by atoms with Crippen LogP contribution in [-0.2, 0) is 0 Å². The molecule has 15 N–H and O–H groups in total. The predicted octanol–water partition coefficient (Wildman–Crippen LogP) is -5.34. The molecule has 0 radical (unpaired) electrons. The lowest BCUT2D eigenvalue weighted by atomic mass is 10.3. The third-order valence-corrected chi connectivity index (χ3v) is 0.500. The zero-order chi connectivity index (χ0) is 13.8. The summed E-state index contributed by atoms with van der Waals surface area (Å²) in [5.41, 5.74) is 29.4. The summed E-state index contributed by atoms with van der Waals surface area (Å²) in [6.07, 6.45) is 0. The van der Waals surface area contributed by atoms with Crippen molar-refractivity contribution in [1.82, 2.24) is 0 Å². The summed E-state index contributed by atoms with van der Waals surface area (Å²) in [4.78, 5) is 0. The highest BCUT2D eigenvalue weighted by Gasteiger charge is 1.92. The molecule has 0 saturated heterocycles. The highest BCUT2D eigenvalue weighted by molar-refractivity contribution is 6.30. The summed E-state index contributed by atoms with van der Waals surface area (Å²) in [6.45, 7) is 3.58. The van der Waals surface area contributed by atoms with E-state index in [9.17, 15) is 0 Å². The second-order valence-electron chi connectivity index (χ2n) is 2.08. The molecule has 0 saturated carbocycles. The van der Waals surface area contributed by atoms with Gasteiger partial charge in [-0.05, 0) is 0 Å². The van der Waals surface area contributed by atoms with Gasteiger partial charge in [-0.3, -0.25) is 0 Å². The molecule has 0 aromatic heterocycles. The number of nitrogens with two attached hydrogens (primary N) is 6. The quantitative estimate of drug-likeness (QED) is 0.215. The van der Waals surface area contributed by atoms with Crippen molar-refractivity contribution in [2.75, 3.05) is 39.3 Å². The van der Waals surface area contributed by atoms with Crippen LogP contribution < -0.4 is 34.4 Å². The molecule has 0 bridgehead atoms. The van der Waals surface area contributed by atoms with Crippen molar-refractivity contribution >= 4 is 7.32 Å². The van der Waals surface area contributed by atoms with Gasteiger partial charge in [-0.1, -0.05) is 0 Å². The van der Waals surface area contributed by atoms with Crippen molar-refractivity contribution in [2.24, 2.45) is 34.4 Å². The van der Waals surface area contributed by atoms with Crippen LogP contribution in [0.2, 0.25) is 0 Å². The van der Waals surface area contributed by atoms with E-state index in [-0.39, 0.29) is 0 Å². The van der Waals surface area contributed by atoms with Crippen LogP contribution in [-0.4, -0.2) is 61.7 Å². The van der Waals surface area contributed by atoms with Crippen molar-refractivity contribution < 1.29 is 15.1 Å². The fourth-order valence-corrected chi connectivity index (χ4v) is 0. The third-order valence-electron chi connectivity index (χ3n) is 0.500. The van der Waals surface area contributed by atoms with Gasteiger partial charge in [0, 0.05) is 39.3 Å². The maximum absolute atomic E-state index is 7.17. The first-order valence-electron chi connectivity index (χ1n) is 4.72. The Morgan fingerprint density at radius 2 is 0.562 bits per heavy atom. The van der Waals surface area contributed by atoms with Gasteiger partial charge in [0.15, 0.2) is 0 Å². The minimum absolute atomic E-state index is 0.597. The smallest absolute Gasteiger partial charge is 0.402 e. The number of hydrogen-bond donors (Lipinski definition) is 9. The first kappa shape index (κ1) is 24.8. The molecule has 0 spiro atoms. The first-order chi connectivity index (χ1) is 7.47. The molecular weight excluding hydrogens is 215 g/mol. The SMILES string of the molecule is NCCN.NCCN.NCCN.OB(O)O. The Hall–Kier alpha value is -0.295. The minimum Gasteiger partial charge on any atom is -0.402 e. The molecular formula is C6H27BN6O3. The number of hydrogen-bond acceptors (Lipinski definition) is 9. The normalized spacial score (nSPS) is 7.31. The minimum atomic E-state index is -2.17. The van der Waals surface area contributed by atoms with Crippen LogP contribution in [0.4, 0.5) is 0 Å². The Bertz CT molecular complexity index is 65.0. The summed E-state index contributed by atoms with van der Waals surface area (Å²) in [5.74, 6) is 0. The van der Waals surface area contributed by atoms with E-state index < -0.39 is 7.32 Å². The average molecular weight is 242 g/mol. The lowest BCUT2D eigenvalue weighted by Gasteiger charge is -1.72. The number of rotatable bonds is 3. The van der Waals surface area contributed by atoms with E-state index in [0.717, 1.165) is 0 Å². The van der Waals surface area contributed by atoms with Crippen LogP contribution >= 0.6 is 0 Å². The largest absolute Gasteiger partial charge is 0.631 e. The lowest BCUT2D eigenvalue weighted by Crippen LogP contribution is -2.11. The second kappa shape index (κ2) is 36.4. The lowest BCUT2D eigenvalue weighted by molar-refractivity contribution is 0.278. The van der Waals surface area contributed by atoms with Gasteiger partial charge >= 0.3 is 7.32 Å². The van der Waals surface area contributed by atoms with Crippen LogP contribution in [0.3, 0.4) is 0 Å². The molecule has 0 unspecified atom stereocenters. The molecule has 0 fully saturated rings. The molecule has 10 heteroatoms. The van der Waals surface area contributed by atoms with Crippen molar-refractivity contribution in [3.05, 3.63) is 0 Å². The van der Waals surface area contributed by atoms with Crippen molar-refractivity contribution in [3.8, 4) is 0 Å². The molecule has 0 atom stereocenters. The fraction of sp³-hybridized carbons (Fsp3) is 1.00. The molecule has 0 rings (SSSR count). The van der Waals surface area contributed by atoms with E-state index in [4.69, 9.17) is 49.5 Å². The molecule has 9 nitrogen and oxygen atoms in total. The summed E-state index contributed by atoms with van der Waals surface area (Å²) in [5, 5.41) is 21.5. The molecule has 0 aromatic rings. The maximum Gasteiger partial charge on any atom is 0.631 e. The Kier molecular flexibility index (Phi) is 56.5. The summed E-state index contributed by atoms with van der Waals surface area (Å²) in [6, 6.07) is 0. The van der Waals surface area contributed by atoms with Gasteiger partial charge < -0.3 is 49.5 Å². The Morgan fingerprint density at radius 3 is 0.562 bits per heavy atom. The molecule has 0 aliphatic rings. The van der Waals surface area contributed by atoms with Gasteiger partial charge in [0.25, 0.3) is 0 Å². The monoisotopic (exact) mass is 242 g/mol. The highest BCUT2D eigenvalue weighted by atomic mass is 16.5. The molecule has 0 aromatic carbocycles. The van der Waals surface area contributed by atoms with Gasteiger partial charge in [-0.2, -0.15) is 0 Å². The summed E-state index contributed by atoms with van der Waals surface area (Å²) < 4.78 is 0. The van der Waals surface area contributed by atoms with Gasteiger partial charge in [-0.15, -0.1) is 0 Å². The topological polar surface area (TPSA) is 217 Å². The van der Waals surface area contributed by atoms with Crippen molar-refractivity contribution in [3.63, 3.8) is 0 Å². The van der Waals surface area contributed by atoms with Crippen molar-refractivity contribution in [1.29, 1.82) is 0 Å². The molecule has 0 aliphatic carbocycles. The average Bonchev–Trinajstić information content (AvgIpc) is 2.28. The van der Waals surface area contributed by atoms with Gasteiger partial charge in [0.1, 0.15) is 0 Å². The Morgan fingerprint density at radius 1 is 0.500 bits per heavy atom. The molecule has 0 aliphatic heterocycles. The van der Waals surface area contributed by atoms with Gasteiger partial charge in [-0.25, -0.2) is 0 Å². The van der Waals surface area contributed by atoms with Gasteiger partial charge in [0.05, 0.1) is 0 Å². The van der Waals surface area contributed by atoms with Crippen LogP contribution in [0.1, 0.15) is 0 Å². The van der Waals surface area contributed by atoms with Crippen LogP contribution in [0.15, 0.2) is 0 Å². The first-order valence-corrected chi connectivity index (χ1v) is 4.72. The fourth-order valence-electron chi connectivity index (χ4n) is 0. The Balaban J connectivity index is -0.0000000600. The van der Waals surface area contributed by atoms with E-state index in [1.54, 1.807) is 0 Å². The van der Waals surface area contributed by atoms with Crippen LogP contribution in [0.25, 0.3) is 0 Å². The van der Waals surface area contributed by atoms with Crippen molar-refractivity contribution in [2.45, 2.75) is 0 Å². The van der Waals surface area contributed by atoms with E-state index >= 15 is 0 Å². The molecule has 16 heavy (non-hydrogen) atoms. The Labute approximate surface area is 96.9 Å². The van der Waals surface area contributed by atoms with E-state index in [2.05, 4.69) is 0 Å². The molecule has 0 heterocycles. The van der Waals surface area contributed by atoms with Crippen LogP contribution in [0, 0.1) is 0 Å². The van der Waals surface area contributed by atoms with E-state index in [0.29, 0.717) is 39.3 Å². The zero-order valence-electron chi connectivity index (χ0n) is 9.63. The highest BCUT2D eigenvalue weighted by Crippen LogP contribution is 1.40. The van der Waals surface area contributed by atoms with E-state index in [1.165, 1.54) is 0 Å². The second-order valence-corrected chi connectivity index (χ2v) is 2.08. The predicted molar refractivity (Wildman–Crippen MR) is 66.7 cm³/mol. The van der Waals surface area contributed by atoms with E-state index in [1.807, 2.05) is 0 Å². The molecule has 0 amide bonds.